The molecular weight excluding hydrogens is 219 g/mol. The molecule has 0 saturated heterocycles. The molecule has 0 unspecified atom stereocenters. The molecule has 0 aromatic rings. The molecule has 4 nitrogen and oxygen atoms in total. The lowest BCUT2D eigenvalue weighted by atomic mass is 10.1. The number of halogens is 1. The minimum atomic E-state index is -0.485. The Bertz CT molecular complexity index is 320. The standard InChI is InChI=1S/C12H23FN4/c1-9(15)11(8-14)12(13)10(2)17(5)7-6-16(3)4/h1-2,6-8,14-15H2,3-5H3/b12-11+. The van der Waals surface area contributed by atoms with Crippen LogP contribution in [0.25, 0.3) is 0 Å². The molecule has 0 bridgehead atoms. The van der Waals surface area contributed by atoms with E-state index in [0.717, 1.165) is 6.54 Å². The molecule has 0 atom stereocenters. The van der Waals surface area contributed by atoms with E-state index < -0.39 is 5.83 Å². The van der Waals surface area contributed by atoms with E-state index in [1.165, 1.54) is 0 Å². The van der Waals surface area contributed by atoms with Crippen LogP contribution in [-0.4, -0.2) is 50.6 Å². The normalized spacial score (nSPS) is 12.4. The first-order chi connectivity index (χ1) is 7.81. The van der Waals surface area contributed by atoms with Gasteiger partial charge in [-0.2, -0.15) is 0 Å². The van der Waals surface area contributed by atoms with Crippen molar-refractivity contribution in [3.63, 3.8) is 0 Å². The lowest BCUT2D eigenvalue weighted by Crippen LogP contribution is -2.28. The summed E-state index contributed by atoms with van der Waals surface area (Å²) in [6, 6.07) is 0. The van der Waals surface area contributed by atoms with Crippen LogP contribution in [0.3, 0.4) is 0 Å². The van der Waals surface area contributed by atoms with Gasteiger partial charge in [0.05, 0.1) is 5.70 Å². The van der Waals surface area contributed by atoms with Gasteiger partial charge in [-0.1, -0.05) is 13.2 Å². The molecule has 0 aromatic carbocycles. The van der Waals surface area contributed by atoms with Gasteiger partial charge >= 0.3 is 0 Å². The summed E-state index contributed by atoms with van der Waals surface area (Å²) in [6.45, 7) is 8.70. The van der Waals surface area contributed by atoms with E-state index in [1.54, 1.807) is 11.9 Å². The first-order valence-electron chi connectivity index (χ1n) is 5.39. The maximum atomic E-state index is 14.0. The number of hydrogen-bond donors (Lipinski definition) is 2. The Morgan fingerprint density at radius 2 is 1.71 bits per heavy atom. The first-order valence-corrected chi connectivity index (χ1v) is 5.39. The van der Waals surface area contributed by atoms with Gasteiger partial charge in [-0.15, -0.1) is 0 Å². The van der Waals surface area contributed by atoms with Crippen molar-refractivity contribution in [3.05, 3.63) is 36.0 Å². The fraction of sp³-hybridized carbons (Fsp3) is 0.500. The molecule has 0 aliphatic heterocycles. The van der Waals surface area contributed by atoms with E-state index in [0.29, 0.717) is 6.54 Å². The zero-order valence-electron chi connectivity index (χ0n) is 11.0. The molecule has 0 aliphatic carbocycles. The highest BCUT2D eigenvalue weighted by Crippen LogP contribution is 2.19. The second-order valence-corrected chi connectivity index (χ2v) is 4.19. The fourth-order valence-electron chi connectivity index (χ4n) is 1.19. The average molecular weight is 242 g/mol. The molecule has 5 heteroatoms. The topological polar surface area (TPSA) is 58.5 Å². The molecule has 98 valence electrons. The third-order valence-corrected chi connectivity index (χ3v) is 2.45. The highest BCUT2D eigenvalue weighted by atomic mass is 19.1. The smallest absolute Gasteiger partial charge is 0.152 e. The van der Waals surface area contributed by atoms with Crippen LogP contribution in [0.2, 0.25) is 0 Å². The molecule has 0 aliphatic rings. The lowest BCUT2D eigenvalue weighted by molar-refractivity contribution is 0.321. The maximum absolute atomic E-state index is 14.0. The molecule has 0 fully saturated rings. The van der Waals surface area contributed by atoms with Crippen LogP contribution >= 0.6 is 0 Å². The predicted octanol–water partition coefficient (Wildman–Crippen LogP) is 0.648. The summed E-state index contributed by atoms with van der Waals surface area (Å²) in [5.74, 6) is -0.485. The Kier molecular flexibility index (Phi) is 6.53. The largest absolute Gasteiger partial charge is 0.399 e. The predicted molar refractivity (Wildman–Crippen MR) is 70.8 cm³/mol. The molecule has 0 spiro atoms. The Morgan fingerprint density at radius 1 is 1.18 bits per heavy atom. The molecule has 0 rings (SSSR count). The lowest BCUT2D eigenvalue weighted by Gasteiger charge is -2.23. The van der Waals surface area contributed by atoms with Crippen molar-refractivity contribution in [1.82, 2.24) is 9.80 Å². The van der Waals surface area contributed by atoms with Crippen molar-refractivity contribution >= 4 is 0 Å². The van der Waals surface area contributed by atoms with Crippen LogP contribution in [0, 0.1) is 0 Å². The highest BCUT2D eigenvalue weighted by molar-refractivity contribution is 5.37. The van der Waals surface area contributed by atoms with Crippen LogP contribution < -0.4 is 11.5 Å². The average Bonchev–Trinajstić information content (AvgIpc) is 2.24. The quantitative estimate of drug-likeness (QED) is 0.644. The van der Waals surface area contributed by atoms with Gasteiger partial charge in [-0.25, -0.2) is 4.39 Å². The summed E-state index contributed by atoms with van der Waals surface area (Å²) in [6.07, 6.45) is 0. The second kappa shape index (κ2) is 7.09. The molecule has 0 heterocycles. The third-order valence-electron chi connectivity index (χ3n) is 2.45. The van der Waals surface area contributed by atoms with Crippen molar-refractivity contribution in [2.24, 2.45) is 11.5 Å². The van der Waals surface area contributed by atoms with E-state index in [9.17, 15) is 4.39 Å². The van der Waals surface area contributed by atoms with Crippen LogP contribution in [-0.2, 0) is 0 Å². The van der Waals surface area contributed by atoms with Gasteiger partial charge < -0.3 is 21.3 Å². The molecule has 17 heavy (non-hydrogen) atoms. The third kappa shape index (κ3) is 5.01. The Balaban J connectivity index is 4.73. The number of hydrogen-bond acceptors (Lipinski definition) is 4. The van der Waals surface area contributed by atoms with E-state index >= 15 is 0 Å². The van der Waals surface area contributed by atoms with E-state index in [1.807, 2.05) is 19.0 Å². The van der Waals surface area contributed by atoms with Gasteiger partial charge in [-0.3, -0.25) is 0 Å². The zero-order chi connectivity index (χ0) is 13.6. The summed E-state index contributed by atoms with van der Waals surface area (Å²) in [7, 11) is 5.69. The number of nitrogens with two attached hydrogens (primary N) is 2. The Morgan fingerprint density at radius 3 is 2.06 bits per heavy atom. The van der Waals surface area contributed by atoms with Crippen molar-refractivity contribution < 1.29 is 4.39 Å². The summed E-state index contributed by atoms with van der Waals surface area (Å²) in [5.41, 5.74) is 11.5. The molecule has 0 amide bonds. The summed E-state index contributed by atoms with van der Waals surface area (Å²) >= 11 is 0. The molecular formula is C12H23FN4. The van der Waals surface area contributed by atoms with Crippen molar-refractivity contribution in [2.75, 3.05) is 40.8 Å². The van der Waals surface area contributed by atoms with Gasteiger partial charge in [0.2, 0.25) is 0 Å². The van der Waals surface area contributed by atoms with Gasteiger partial charge in [0.1, 0.15) is 0 Å². The number of likely N-dealkylation sites (N-methyl/N-ethyl adjacent to an activating group) is 2. The van der Waals surface area contributed by atoms with Crippen molar-refractivity contribution in [3.8, 4) is 0 Å². The van der Waals surface area contributed by atoms with E-state index in [4.69, 9.17) is 11.5 Å². The van der Waals surface area contributed by atoms with Crippen molar-refractivity contribution in [1.29, 1.82) is 0 Å². The number of rotatable bonds is 7. The number of allylic oxidation sites excluding steroid dienone is 1. The fourth-order valence-corrected chi connectivity index (χ4v) is 1.19. The summed E-state index contributed by atoms with van der Waals surface area (Å²) in [4.78, 5) is 3.74. The molecule has 0 radical (unpaired) electrons. The number of nitrogens with zero attached hydrogens (tertiary/aromatic N) is 2. The Hall–Kier alpha value is -1.33. The van der Waals surface area contributed by atoms with Gasteiger partial charge in [0, 0.05) is 38.0 Å². The minimum Gasteiger partial charge on any atom is -0.399 e. The van der Waals surface area contributed by atoms with Gasteiger partial charge in [0.25, 0.3) is 0 Å². The molecule has 0 saturated carbocycles. The van der Waals surface area contributed by atoms with E-state index in [2.05, 4.69) is 13.2 Å². The SMILES string of the molecule is C=C(N)/C(CN)=C(/F)C(=C)N(C)CCN(C)C. The van der Waals surface area contributed by atoms with Crippen LogP contribution in [0.5, 0.6) is 0 Å². The second-order valence-electron chi connectivity index (χ2n) is 4.19. The monoisotopic (exact) mass is 242 g/mol. The summed E-state index contributed by atoms with van der Waals surface area (Å²) < 4.78 is 14.0. The maximum Gasteiger partial charge on any atom is 0.152 e. The van der Waals surface area contributed by atoms with Crippen LogP contribution in [0.15, 0.2) is 36.0 Å². The van der Waals surface area contributed by atoms with E-state index in [-0.39, 0.29) is 23.5 Å². The Labute approximate surface area is 103 Å². The summed E-state index contributed by atoms with van der Waals surface area (Å²) in [5, 5.41) is 0. The first kappa shape index (κ1) is 15.7. The van der Waals surface area contributed by atoms with Gasteiger partial charge in [-0.05, 0) is 14.1 Å². The van der Waals surface area contributed by atoms with Gasteiger partial charge in [0.15, 0.2) is 5.83 Å². The molecule has 0 aromatic heterocycles. The van der Waals surface area contributed by atoms with Crippen LogP contribution in [0.1, 0.15) is 0 Å². The minimum absolute atomic E-state index is 0.0156. The van der Waals surface area contributed by atoms with Crippen molar-refractivity contribution in [2.45, 2.75) is 0 Å². The molecule has 4 N–H and O–H groups in total. The highest BCUT2D eigenvalue weighted by Gasteiger charge is 2.13. The zero-order valence-corrected chi connectivity index (χ0v) is 11.0. The van der Waals surface area contributed by atoms with Crippen LogP contribution in [0.4, 0.5) is 4.39 Å².